The zero-order valence-electron chi connectivity index (χ0n) is 17.3. The number of rotatable bonds is 8. The monoisotopic (exact) mass is 421 g/mol. The van der Waals surface area contributed by atoms with Gasteiger partial charge in [-0.1, -0.05) is 25.0 Å². The summed E-state index contributed by atoms with van der Waals surface area (Å²) in [5, 5.41) is 6.38. The van der Waals surface area contributed by atoms with E-state index in [1.807, 2.05) is 30.3 Å². The molecule has 3 aromatic rings. The Balaban J connectivity index is 1.34. The highest BCUT2D eigenvalue weighted by Gasteiger charge is 2.42. The number of ether oxygens (including phenoxy) is 1. The van der Waals surface area contributed by atoms with E-state index in [9.17, 15) is 4.79 Å². The number of amides is 1. The van der Waals surface area contributed by atoms with Crippen molar-refractivity contribution in [1.82, 2.24) is 15.3 Å². The largest absolute Gasteiger partial charge is 0.497 e. The molecule has 1 saturated carbocycles. The number of methoxy groups -OCH3 is 1. The summed E-state index contributed by atoms with van der Waals surface area (Å²) in [7, 11) is 1.67. The molecule has 0 unspecified atom stereocenters. The molecule has 1 aliphatic rings. The molecule has 5 nitrogen and oxygen atoms in total. The summed E-state index contributed by atoms with van der Waals surface area (Å²) in [6.45, 7) is 0.661. The van der Waals surface area contributed by atoms with Crippen LogP contribution in [0.4, 0.5) is 0 Å². The normalized spacial score (nSPS) is 15.1. The SMILES string of the molecule is COc1cccc(C2(C(=O)NCCCc3nc(-c4ccncc4)cs3)CCCC2)c1. The van der Waals surface area contributed by atoms with Crippen LogP contribution in [0.5, 0.6) is 5.75 Å². The highest BCUT2D eigenvalue weighted by atomic mass is 32.1. The summed E-state index contributed by atoms with van der Waals surface area (Å²) in [6.07, 6.45) is 9.27. The number of hydrogen-bond acceptors (Lipinski definition) is 5. The van der Waals surface area contributed by atoms with Gasteiger partial charge in [0, 0.05) is 36.3 Å². The molecule has 2 aromatic heterocycles. The van der Waals surface area contributed by atoms with Gasteiger partial charge < -0.3 is 10.1 Å². The van der Waals surface area contributed by atoms with E-state index in [1.54, 1.807) is 30.8 Å². The molecular weight excluding hydrogens is 394 g/mol. The number of carbonyl (C=O) groups is 1. The molecule has 30 heavy (non-hydrogen) atoms. The van der Waals surface area contributed by atoms with Crippen molar-refractivity contribution < 1.29 is 9.53 Å². The molecule has 1 aliphatic carbocycles. The first kappa shape index (κ1) is 20.5. The van der Waals surface area contributed by atoms with Gasteiger partial charge in [-0.25, -0.2) is 4.98 Å². The van der Waals surface area contributed by atoms with Crippen LogP contribution in [0.3, 0.4) is 0 Å². The van der Waals surface area contributed by atoms with Gasteiger partial charge in [-0.15, -0.1) is 11.3 Å². The van der Waals surface area contributed by atoms with Crippen molar-refractivity contribution in [2.45, 2.75) is 43.9 Å². The number of pyridine rings is 1. The van der Waals surface area contributed by atoms with Crippen LogP contribution in [0.1, 0.15) is 42.7 Å². The minimum atomic E-state index is -0.426. The lowest BCUT2D eigenvalue weighted by Crippen LogP contribution is -2.43. The summed E-state index contributed by atoms with van der Waals surface area (Å²) in [6, 6.07) is 11.9. The van der Waals surface area contributed by atoms with Crippen LogP contribution >= 0.6 is 11.3 Å². The van der Waals surface area contributed by atoms with Crippen LogP contribution in [-0.4, -0.2) is 29.5 Å². The summed E-state index contributed by atoms with van der Waals surface area (Å²) in [5.74, 6) is 0.949. The number of nitrogens with one attached hydrogen (secondary N) is 1. The quantitative estimate of drug-likeness (QED) is 0.532. The molecule has 0 spiro atoms. The summed E-state index contributed by atoms with van der Waals surface area (Å²) >= 11 is 1.67. The molecule has 0 radical (unpaired) electrons. The van der Waals surface area contributed by atoms with Gasteiger partial charge in [0.2, 0.25) is 5.91 Å². The van der Waals surface area contributed by atoms with Gasteiger partial charge in [0.25, 0.3) is 0 Å². The van der Waals surface area contributed by atoms with Gasteiger partial charge in [0.15, 0.2) is 0 Å². The Morgan fingerprint density at radius 1 is 1.20 bits per heavy atom. The maximum absolute atomic E-state index is 13.2. The smallest absolute Gasteiger partial charge is 0.230 e. The predicted octanol–water partition coefficient (Wildman–Crippen LogP) is 4.77. The maximum atomic E-state index is 13.2. The topological polar surface area (TPSA) is 64.1 Å². The van der Waals surface area contributed by atoms with Gasteiger partial charge in [-0.2, -0.15) is 0 Å². The van der Waals surface area contributed by atoms with E-state index >= 15 is 0 Å². The fourth-order valence-corrected chi connectivity index (χ4v) is 5.09. The van der Waals surface area contributed by atoms with Crippen molar-refractivity contribution in [3.05, 3.63) is 64.7 Å². The number of carbonyl (C=O) groups excluding carboxylic acids is 1. The second-order valence-corrected chi connectivity index (χ2v) is 8.69. The highest BCUT2D eigenvalue weighted by molar-refractivity contribution is 7.09. The van der Waals surface area contributed by atoms with Crippen molar-refractivity contribution in [2.75, 3.05) is 13.7 Å². The van der Waals surface area contributed by atoms with E-state index in [4.69, 9.17) is 9.72 Å². The number of nitrogens with zero attached hydrogens (tertiary/aromatic N) is 2. The Kier molecular flexibility index (Phi) is 6.43. The van der Waals surface area contributed by atoms with Crippen molar-refractivity contribution in [1.29, 1.82) is 0 Å². The number of hydrogen-bond donors (Lipinski definition) is 1. The van der Waals surface area contributed by atoms with Crippen molar-refractivity contribution in [3.8, 4) is 17.0 Å². The first-order valence-electron chi connectivity index (χ1n) is 10.5. The van der Waals surface area contributed by atoms with Crippen molar-refractivity contribution >= 4 is 17.2 Å². The molecule has 1 amide bonds. The predicted molar refractivity (Wildman–Crippen MR) is 120 cm³/mol. The molecular formula is C24H27N3O2S. The van der Waals surface area contributed by atoms with Gasteiger partial charge >= 0.3 is 0 Å². The van der Waals surface area contributed by atoms with E-state index in [0.717, 1.165) is 66.1 Å². The van der Waals surface area contributed by atoms with Gasteiger partial charge in [0.05, 0.1) is 23.2 Å². The van der Waals surface area contributed by atoms with E-state index in [1.165, 1.54) is 0 Å². The van der Waals surface area contributed by atoms with E-state index in [2.05, 4.69) is 21.7 Å². The molecule has 2 heterocycles. The standard InChI is InChI=1S/C24H27N3O2S/c1-29-20-7-4-6-19(16-20)24(11-2-3-12-24)23(28)26-13-5-8-22-27-21(17-30-22)18-9-14-25-15-10-18/h4,6-7,9-10,14-17H,2-3,5,8,11-13H2,1H3,(H,26,28). The first-order chi connectivity index (χ1) is 14.7. The van der Waals surface area contributed by atoms with Crippen LogP contribution in [0.2, 0.25) is 0 Å². The molecule has 6 heteroatoms. The first-order valence-corrected chi connectivity index (χ1v) is 11.4. The number of aryl methyl sites for hydroxylation is 1. The molecule has 0 atom stereocenters. The Hall–Kier alpha value is -2.73. The van der Waals surface area contributed by atoms with Crippen molar-refractivity contribution in [2.24, 2.45) is 0 Å². The molecule has 1 N–H and O–H groups in total. The van der Waals surface area contributed by atoms with Crippen LogP contribution in [0.25, 0.3) is 11.3 Å². The van der Waals surface area contributed by atoms with Crippen LogP contribution in [-0.2, 0) is 16.6 Å². The van der Waals surface area contributed by atoms with Crippen LogP contribution in [0, 0.1) is 0 Å². The Bertz CT molecular complexity index is 981. The molecule has 0 bridgehead atoms. The lowest BCUT2D eigenvalue weighted by molar-refractivity contribution is -0.126. The zero-order valence-corrected chi connectivity index (χ0v) is 18.1. The molecule has 1 fully saturated rings. The van der Waals surface area contributed by atoms with Gasteiger partial charge in [-0.05, 0) is 49.1 Å². The third-order valence-corrected chi connectivity index (χ3v) is 6.80. The minimum absolute atomic E-state index is 0.143. The summed E-state index contributed by atoms with van der Waals surface area (Å²) in [5.41, 5.74) is 2.72. The fourth-order valence-electron chi connectivity index (χ4n) is 4.24. The summed E-state index contributed by atoms with van der Waals surface area (Å²) < 4.78 is 5.38. The number of thiazole rings is 1. The molecule has 0 aliphatic heterocycles. The Morgan fingerprint density at radius 3 is 2.77 bits per heavy atom. The Morgan fingerprint density at radius 2 is 2.00 bits per heavy atom. The Labute approximate surface area is 181 Å². The molecule has 1 aromatic carbocycles. The van der Waals surface area contributed by atoms with Crippen LogP contribution < -0.4 is 10.1 Å². The van der Waals surface area contributed by atoms with Gasteiger partial charge in [0.1, 0.15) is 5.75 Å². The molecule has 4 rings (SSSR count). The minimum Gasteiger partial charge on any atom is -0.497 e. The zero-order chi connectivity index (χ0) is 20.8. The third-order valence-electron chi connectivity index (χ3n) is 5.89. The molecule has 156 valence electrons. The third kappa shape index (κ3) is 4.38. The van der Waals surface area contributed by atoms with E-state index in [-0.39, 0.29) is 5.91 Å². The molecule has 0 saturated heterocycles. The number of benzene rings is 1. The lowest BCUT2D eigenvalue weighted by atomic mass is 9.78. The second-order valence-electron chi connectivity index (χ2n) is 7.74. The van der Waals surface area contributed by atoms with E-state index in [0.29, 0.717) is 6.54 Å². The summed E-state index contributed by atoms with van der Waals surface area (Å²) in [4.78, 5) is 22.0. The van der Waals surface area contributed by atoms with Crippen molar-refractivity contribution in [3.63, 3.8) is 0 Å². The fraction of sp³-hybridized carbons (Fsp3) is 0.375. The highest BCUT2D eigenvalue weighted by Crippen LogP contribution is 2.42. The average Bonchev–Trinajstić information content (AvgIpc) is 3.48. The number of aromatic nitrogens is 2. The maximum Gasteiger partial charge on any atom is 0.230 e. The van der Waals surface area contributed by atoms with E-state index < -0.39 is 5.41 Å². The second kappa shape index (κ2) is 9.39. The van der Waals surface area contributed by atoms with Gasteiger partial charge in [-0.3, -0.25) is 9.78 Å². The average molecular weight is 422 g/mol. The lowest BCUT2D eigenvalue weighted by Gasteiger charge is -2.28. The van der Waals surface area contributed by atoms with Crippen LogP contribution in [0.15, 0.2) is 54.2 Å².